The Kier molecular flexibility index (Phi) is 3.39. The van der Waals surface area contributed by atoms with Gasteiger partial charge in [-0.05, 0) is 19.7 Å². The zero-order valence-electron chi connectivity index (χ0n) is 7.26. The zero-order chi connectivity index (χ0) is 8.36. The standard InChI is InChI=1S/C7H17NOS/c1-6-8(7(2)3)10(4,5)9/h7H,4,6H2,1-3,5H3. The van der Waals surface area contributed by atoms with Crippen molar-refractivity contribution in [1.82, 2.24) is 4.31 Å². The fourth-order valence-electron chi connectivity index (χ4n) is 1.08. The number of rotatable bonds is 3. The van der Waals surface area contributed by atoms with Gasteiger partial charge in [0, 0.05) is 28.6 Å². The summed E-state index contributed by atoms with van der Waals surface area (Å²) in [7, 11) is -1.98. The van der Waals surface area contributed by atoms with Crippen molar-refractivity contribution < 1.29 is 4.21 Å². The predicted octanol–water partition coefficient (Wildman–Crippen LogP) is 0.978. The summed E-state index contributed by atoms with van der Waals surface area (Å²) >= 11 is 0. The van der Waals surface area contributed by atoms with Gasteiger partial charge in [0.15, 0.2) is 0 Å². The fourth-order valence-corrected chi connectivity index (χ4v) is 2.52. The van der Waals surface area contributed by atoms with E-state index in [1.165, 1.54) is 0 Å². The van der Waals surface area contributed by atoms with E-state index in [9.17, 15) is 4.21 Å². The van der Waals surface area contributed by atoms with E-state index in [0.29, 0.717) is 6.04 Å². The van der Waals surface area contributed by atoms with Crippen molar-refractivity contribution in [3.8, 4) is 0 Å². The van der Waals surface area contributed by atoms with Crippen LogP contribution in [0, 0.1) is 0 Å². The molecule has 0 bridgehead atoms. The van der Waals surface area contributed by atoms with E-state index in [1.54, 1.807) is 6.26 Å². The quantitative estimate of drug-likeness (QED) is 0.568. The van der Waals surface area contributed by atoms with Gasteiger partial charge in [0.1, 0.15) is 0 Å². The van der Waals surface area contributed by atoms with Gasteiger partial charge < -0.3 is 0 Å². The van der Waals surface area contributed by atoms with Crippen LogP contribution >= 0.6 is 0 Å². The van der Waals surface area contributed by atoms with Gasteiger partial charge in [0.2, 0.25) is 0 Å². The Morgan fingerprint density at radius 2 is 2.00 bits per heavy atom. The first-order valence-electron chi connectivity index (χ1n) is 3.48. The molecule has 0 saturated carbocycles. The molecule has 10 heavy (non-hydrogen) atoms. The lowest BCUT2D eigenvalue weighted by Crippen LogP contribution is -2.35. The van der Waals surface area contributed by atoms with E-state index in [0.717, 1.165) is 6.54 Å². The molecule has 0 radical (unpaired) electrons. The lowest BCUT2D eigenvalue weighted by Gasteiger charge is -2.25. The molecule has 0 rings (SSSR count). The Labute approximate surface area is 64.4 Å². The molecule has 0 aliphatic carbocycles. The number of hydrogen-bond donors (Lipinski definition) is 0. The highest BCUT2D eigenvalue weighted by Crippen LogP contribution is 2.02. The number of nitrogens with zero attached hydrogens (tertiary/aromatic N) is 1. The van der Waals surface area contributed by atoms with Crippen molar-refractivity contribution in [2.24, 2.45) is 0 Å². The van der Waals surface area contributed by atoms with Crippen molar-refractivity contribution in [2.75, 3.05) is 12.8 Å². The molecule has 0 spiro atoms. The van der Waals surface area contributed by atoms with Crippen LogP contribution in [0.3, 0.4) is 0 Å². The third-order valence-electron chi connectivity index (χ3n) is 1.38. The summed E-state index contributed by atoms with van der Waals surface area (Å²) in [4.78, 5) is 0. The second-order valence-corrected chi connectivity index (χ2v) is 5.17. The molecule has 0 heterocycles. The summed E-state index contributed by atoms with van der Waals surface area (Å²) in [5, 5.41) is 0. The van der Waals surface area contributed by atoms with Gasteiger partial charge in [-0.25, -0.2) is 4.31 Å². The lowest BCUT2D eigenvalue weighted by molar-refractivity contribution is 0.395. The molecule has 0 aromatic rings. The molecule has 0 aliphatic heterocycles. The highest BCUT2D eigenvalue weighted by Gasteiger charge is 2.11. The molecule has 62 valence electrons. The SMILES string of the molecule is C=S(C)(=O)N(CC)C(C)C. The first-order chi connectivity index (χ1) is 4.39. The Balaban J connectivity index is 4.38. The van der Waals surface area contributed by atoms with Gasteiger partial charge in [-0.2, -0.15) is 0 Å². The van der Waals surface area contributed by atoms with E-state index in [2.05, 4.69) is 5.87 Å². The smallest absolute Gasteiger partial charge is 0.0247 e. The van der Waals surface area contributed by atoms with Crippen molar-refractivity contribution in [2.45, 2.75) is 26.8 Å². The van der Waals surface area contributed by atoms with Crippen molar-refractivity contribution in [3.63, 3.8) is 0 Å². The van der Waals surface area contributed by atoms with Crippen LogP contribution in [0.25, 0.3) is 0 Å². The molecular formula is C7H17NOS. The van der Waals surface area contributed by atoms with Crippen LogP contribution in [-0.4, -0.2) is 33.2 Å². The Hall–Kier alpha value is -0.0200. The molecule has 2 nitrogen and oxygen atoms in total. The van der Waals surface area contributed by atoms with Crippen LogP contribution in [-0.2, 0) is 9.71 Å². The molecular weight excluding hydrogens is 146 g/mol. The van der Waals surface area contributed by atoms with E-state index >= 15 is 0 Å². The van der Waals surface area contributed by atoms with Crippen LogP contribution in [0.2, 0.25) is 0 Å². The maximum absolute atomic E-state index is 11.4. The summed E-state index contributed by atoms with van der Waals surface area (Å²) in [6.45, 7) is 6.85. The van der Waals surface area contributed by atoms with Gasteiger partial charge >= 0.3 is 0 Å². The third-order valence-corrected chi connectivity index (χ3v) is 3.06. The highest BCUT2D eigenvalue weighted by molar-refractivity contribution is 7.97. The fraction of sp³-hybridized carbons (Fsp3) is 0.857. The molecule has 0 saturated heterocycles. The first-order valence-corrected chi connectivity index (χ1v) is 5.57. The molecule has 0 amide bonds. The number of hydrogen-bond acceptors (Lipinski definition) is 1. The van der Waals surface area contributed by atoms with Crippen LogP contribution in [0.5, 0.6) is 0 Å². The monoisotopic (exact) mass is 163 g/mol. The van der Waals surface area contributed by atoms with E-state index in [4.69, 9.17) is 0 Å². The first kappa shape index (κ1) is 9.98. The summed E-state index contributed by atoms with van der Waals surface area (Å²) in [5.41, 5.74) is 0. The molecule has 0 fully saturated rings. The largest absolute Gasteiger partial charge is 0.253 e. The summed E-state index contributed by atoms with van der Waals surface area (Å²) < 4.78 is 13.3. The summed E-state index contributed by atoms with van der Waals surface area (Å²) in [5.74, 6) is 3.62. The van der Waals surface area contributed by atoms with Crippen molar-refractivity contribution in [3.05, 3.63) is 0 Å². The van der Waals surface area contributed by atoms with Crippen LogP contribution in [0.1, 0.15) is 20.8 Å². The summed E-state index contributed by atoms with van der Waals surface area (Å²) in [6, 6.07) is 0.319. The van der Waals surface area contributed by atoms with Gasteiger partial charge in [0.25, 0.3) is 0 Å². The average molecular weight is 163 g/mol. The molecule has 1 unspecified atom stereocenters. The maximum atomic E-state index is 11.4. The second-order valence-electron chi connectivity index (χ2n) is 2.79. The van der Waals surface area contributed by atoms with E-state index in [-0.39, 0.29) is 0 Å². The van der Waals surface area contributed by atoms with Crippen LogP contribution < -0.4 is 0 Å². The topological polar surface area (TPSA) is 20.3 Å². The molecule has 0 aliphatic rings. The van der Waals surface area contributed by atoms with E-state index < -0.39 is 9.71 Å². The van der Waals surface area contributed by atoms with Crippen molar-refractivity contribution >= 4 is 15.6 Å². The van der Waals surface area contributed by atoms with Gasteiger partial charge in [0.05, 0.1) is 0 Å². The molecule has 0 aromatic carbocycles. The second kappa shape index (κ2) is 3.39. The molecule has 1 atom stereocenters. The van der Waals surface area contributed by atoms with Crippen LogP contribution in [0.15, 0.2) is 0 Å². The highest BCUT2D eigenvalue weighted by atomic mass is 32.2. The minimum Gasteiger partial charge on any atom is -0.253 e. The van der Waals surface area contributed by atoms with Gasteiger partial charge in [-0.15, -0.1) is 0 Å². The predicted molar refractivity (Wildman–Crippen MR) is 48.7 cm³/mol. The molecule has 0 aromatic heterocycles. The molecule has 3 heteroatoms. The Bertz CT molecular complexity index is 182. The van der Waals surface area contributed by atoms with Gasteiger partial charge in [-0.3, -0.25) is 4.21 Å². The van der Waals surface area contributed by atoms with Crippen molar-refractivity contribution in [1.29, 1.82) is 0 Å². The normalized spacial score (nSPS) is 17.8. The maximum Gasteiger partial charge on any atom is 0.0247 e. The summed E-state index contributed by atoms with van der Waals surface area (Å²) in [6.07, 6.45) is 1.68. The van der Waals surface area contributed by atoms with Gasteiger partial charge in [-0.1, -0.05) is 6.92 Å². The van der Waals surface area contributed by atoms with E-state index in [1.807, 2.05) is 25.1 Å². The minimum atomic E-state index is -1.98. The third kappa shape index (κ3) is 2.71. The lowest BCUT2D eigenvalue weighted by atomic mass is 10.4. The molecule has 0 N–H and O–H groups in total. The zero-order valence-corrected chi connectivity index (χ0v) is 8.07. The van der Waals surface area contributed by atoms with Crippen LogP contribution in [0.4, 0.5) is 0 Å². The average Bonchev–Trinajstić information content (AvgIpc) is 1.60. The Morgan fingerprint density at radius 1 is 1.60 bits per heavy atom. The Morgan fingerprint density at radius 3 is 2.00 bits per heavy atom. The minimum absolute atomic E-state index is 0.319.